The molecule has 1 saturated heterocycles. The van der Waals surface area contributed by atoms with Crippen LogP contribution in [0.25, 0.3) is 0 Å². The standard InChI is InChI=1S/C18H39N5.HI/c1-5-19-17(21-12-13-22-18(2,3)4)20-11-10-16-23-14-8-6-7-9-15-23;/h22H,5-16H2,1-4H3,(H2,19,20,21);1H. The summed E-state index contributed by atoms with van der Waals surface area (Å²) in [5.74, 6) is 0.944. The van der Waals surface area contributed by atoms with E-state index in [1.807, 2.05) is 0 Å². The van der Waals surface area contributed by atoms with Gasteiger partial charge in [-0.05, 0) is 66.6 Å². The number of hydrogen-bond acceptors (Lipinski definition) is 3. The van der Waals surface area contributed by atoms with Crippen molar-refractivity contribution in [2.45, 2.75) is 65.3 Å². The van der Waals surface area contributed by atoms with E-state index < -0.39 is 0 Å². The molecule has 0 unspecified atom stereocenters. The molecule has 0 atom stereocenters. The van der Waals surface area contributed by atoms with Crippen molar-refractivity contribution in [1.29, 1.82) is 0 Å². The summed E-state index contributed by atoms with van der Waals surface area (Å²) in [6.07, 6.45) is 6.71. The molecular weight excluding hydrogens is 413 g/mol. The van der Waals surface area contributed by atoms with Gasteiger partial charge in [-0.1, -0.05) is 12.8 Å². The Bertz CT molecular complexity index is 320. The van der Waals surface area contributed by atoms with E-state index in [2.05, 4.69) is 48.5 Å². The fourth-order valence-electron chi connectivity index (χ4n) is 2.81. The maximum atomic E-state index is 4.70. The second-order valence-electron chi connectivity index (χ2n) is 7.47. The van der Waals surface area contributed by atoms with Gasteiger partial charge in [0.15, 0.2) is 5.96 Å². The highest BCUT2D eigenvalue weighted by molar-refractivity contribution is 14.0. The molecule has 0 aliphatic carbocycles. The van der Waals surface area contributed by atoms with E-state index >= 15 is 0 Å². The summed E-state index contributed by atoms with van der Waals surface area (Å²) < 4.78 is 0. The van der Waals surface area contributed by atoms with E-state index in [0.29, 0.717) is 0 Å². The summed E-state index contributed by atoms with van der Waals surface area (Å²) >= 11 is 0. The van der Waals surface area contributed by atoms with Crippen LogP contribution in [0.5, 0.6) is 0 Å². The molecule has 0 spiro atoms. The normalized spacial score (nSPS) is 17.1. The largest absolute Gasteiger partial charge is 0.357 e. The second kappa shape index (κ2) is 14.1. The molecule has 1 aliphatic rings. The van der Waals surface area contributed by atoms with Crippen LogP contribution in [0.3, 0.4) is 0 Å². The van der Waals surface area contributed by atoms with Gasteiger partial charge in [-0.2, -0.15) is 0 Å². The molecule has 0 bridgehead atoms. The van der Waals surface area contributed by atoms with Crippen molar-refractivity contribution in [2.75, 3.05) is 45.8 Å². The molecule has 0 radical (unpaired) electrons. The monoisotopic (exact) mass is 453 g/mol. The highest BCUT2D eigenvalue weighted by Crippen LogP contribution is 2.09. The summed E-state index contributed by atoms with van der Waals surface area (Å²) in [6.45, 7) is 16.1. The molecule has 5 nitrogen and oxygen atoms in total. The maximum Gasteiger partial charge on any atom is 0.191 e. The average molecular weight is 453 g/mol. The number of rotatable bonds is 8. The molecule has 1 aliphatic heterocycles. The zero-order chi connectivity index (χ0) is 17.0. The molecule has 0 saturated carbocycles. The Labute approximate surface area is 166 Å². The summed E-state index contributed by atoms with van der Waals surface area (Å²) in [6, 6.07) is 0. The molecule has 24 heavy (non-hydrogen) atoms. The molecule has 0 aromatic heterocycles. The van der Waals surface area contributed by atoms with Crippen molar-refractivity contribution in [3.8, 4) is 0 Å². The van der Waals surface area contributed by atoms with Gasteiger partial charge in [0.1, 0.15) is 0 Å². The van der Waals surface area contributed by atoms with E-state index in [0.717, 1.165) is 38.6 Å². The molecule has 0 aromatic carbocycles. The first-order valence-corrected chi connectivity index (χ1v) is 9.51. The number of nitrogens with one attached hydrogen (secondary N) is 3. The maximum absolute atomic E-state index is 4.70. The molecule has 1 fully saturated rings. The number of halogens is 1. The van der Waals surface area contributed by atoms with Crippen LogP contribution < -0.4 is 16.0 Å². The first kappa shape index (κ1) is 23.9. The second-order valence-corrected chi connectivity index (χ2v) is 7.47. The Hall–Kier alpha value is -0.0800. The Kier molecular flexibility index (Phi) is 14.1. The van der Waals surface area contributed by atoms with Crippen molar-refractivity contribution >= 4 is 29.9 Å². The van der Waals surface area contributed by atoms with Crippen LogP contribution in [0, 0.1) is 0 Å². The molecule has 1 rings (SSSR count). The lowest BCUT2D eigenvalue weighted by molar-refractivity contribution is 0.283. The van der Waals surface area contributed by atoms with E-state index in [4.69, 9.17) is 4.99 Å². The first-order valence-electron chi connectivity index (χ1n) is 9.51. The minimum absolute atomic E-state index is 0. The number of aliphatic imine (C=N–C) groups is 1. The van der Waals surface area contributed by atoms with Crippen molar-refractivity contribution in [3.05, 3.63) is 0 Å². The van der Waals surface area contributed by atoms with Crippen LogP contribution >= 0.6 is 24.0 Å². The lowest BCUT2D eigenvalue weighted by atomic mass is 10.1. The van der Waals surface area contributed by atoms with E-state index in [1.165, 1.54) is 45.3 Å². The zero-order valence-corrected chi connectivity index (χ0v) is 18.6. The molecular formula is C18H40IN5. The van der Waals surface area contributed by atoms with Gasteiger partial charge in [0.05, 0.1) is 0 Å². The van der Waals surface area contributed by atoms with Crippen molar-refractivity contribution in [1.82, 2.24) is 20.9 Å². The summed E-state index contributed by atoms with van der Waals surface area (Å²) in [4.78, 5) is 7.30. The van der Waals surface area contributed by atoms with Gasteiger partial charge in [0.2, 0.25) is 0 Å². The highest BCUT2D eigenvalue weighted by Gasteiger charge is 2.09. The number of guanidine groups is 1. The fourth-order valence-corrected chi connectivity index (χ4v) is 2.81. The van der Waals surface area contributed by atoms with Crippen LogP contribution in [-0.4, -0.2) is 62.2 Å². The summed E-state index contributed by atoms with van der Waals surface area (Å²) in [7, 11) is 0. The van der Waals surface area contributed by atoms with Crippen LogP contribution in [0.4, 0.5) is 0 Å². The van der Waals surface area contributed by atoms with Crippen LogP contribution in [0.15, 0.2) is 4.99 Å². The molecule has 3 N–H and O–H groups in total. The molecule has 1 heterocycles. The van der Waals surface area contributed by atoms with Crippen LogP contribution in [-0.2, 0) is 0 Å². The number of nitrogens with zero attached hydrogens (tertiary/aromatic N) is 2. The third-order valence-electron chi connectivity index (χ3n) is 4.02. The van der Waals surface area contributed by atoms with Crippen molar-refractivity contribution in [3.63, 3.8) is 0 Å². The lowest BCUT2D eigenvalue weighted by Crippen LogP contribution is -2.44. The van der Waals surface area contributed by atoms with Gasteiger partial charge in [-0.25, -0.2) is 0 Å². The lowest BCUT2D eigenvalue weighted by Gasteiger charge is -2.21. The number of hydrogen-bond donors (Lipinski definition) is 3. The smallest absolute Gasteiger partial charge is 0.191 e. The van der Waals surface area contributed by atoms with E-state index in [-0.39, 0.29) is 29.5 Å². The van der Waals surface area contributed by atoms with Gasteiger partial charge >= 0.3 is 0 Å². The van der Waals surface area contributed by atoms with Crippen LogP contribution in [0.1, 0.15) is 59.8 Å². The minimum atomic E-state index is 0. The predicted molar refractivity (Wildman–Crippen MR) is 117 cm³/mol. The predicted octanol–water partition coefficient (Wildman–Crippen LogP) is 2.81. The highest BCUT2D eigenvalue weighted by atomic mass is 127. The minimum Gasteiger partial charge on any atom is -0.357 e. The fraction of sp³-hybridized carbons (Fsp3) is 0.944. The Morgan fingerprint density at radius 3 is 2.25 bits per heavy atom. The Morgan fingerprint density at radius 2 is 1.67 bits per heavy atom. The van der Waals surface area contributed by atoms with Gasteiger partial charge in [-0.15, -0.1) is 24.0 Å². The Morgan fingerprint density at radius 1 is 1.00 bits per heavy atom. The van der Waals surface area contributed by atoms with Gasteiger partial charge in [-0.3, -0.25) is 4.99 Å². The van der Waals surface area contributed by atoms with E-state index in [1.54, 1.807) is 0 Å². The third kappa shape index (κ3) is 13.2. The van der Waals surface area contributed by atoms with Crippen molar-refractivity contribution in [2.24, 2.45) is 4.99 Å². The Balaban J connectivity index is 0.00000529. The molecule has 0 aromatic rings. The molecule has 144 valence electrons. The van der Waals surface area contributed by atoms with Gasteiger partial charge in [0, 0.05) is 31.7 Å². The van der Waals surface area contributed by atoms with Gasteiger partial charge < -0.3 is 20.9 Å². The quantitative estimate of drug-likeness (QED) is 0.229. The SMILES string of the molecule is CCNC(=NCCCN1CCCCCC1)NCCNC(C)(C)C.I. The van der Waals surface area contributed by atoms with E-state index in [9.17, 15) is 0 Å². The molecule has 0 amide bonds. The average Bonchev–Trinajstić information content (AvgIpc) is 2.75. The van der Waals surface area contributed by atoms with Crippen molar-refractivity contribution < 1.29 is 0 Å². The van der Waals surface area contributed by atoms with Gasteiger partial charge in [0.25, 0.3) is 0 Å². The molecule has 6 heteroatoms. The van der Waals surface area contributed by atoms with Crippen LogP contribution in [0.2, 0.25) is 0 Å². The summed E-state index contributed by atoms with van der Waals surface area (Å²) in [5.41, 5.74) is 0.171. The topological polar surface area (TPSA) is 51.7 Å². The summed E-state index contributed by atoms with van der Waals surface area (Å²) in [5, 5.41) is 10.2. The number of likely N-dealkylation sites (tertiary alicyclic amines) is 1. The third-order valence-corrected chi connectivity index (χ3v) is 4.02. The first-order chi connectivity index (χ1) is 11.0. The zero-order valence-electron chi connectivity index (χ0n) is 16.3.